The molecule has 1 fully saturated rings. The molecule has 1 aliphatic rings. The predicted octanol–water partition coefficient (Wildman–Crippen LogP) is 3.85. The lowest BCUT2D eigenvalue weighted by Gasteiger charge is -2.34. The first-order valence-electron chi connectivity index (χ1n) is 11.2. The fourth-order valence-corrected chi connectivity index (χ4v) is 3.49. The Hall–Kier alpha value is -1.83. The summed E-state index contributed by atoms with van der Waals surface area (Å²) in [5.74, 6) is 0.758. The molecule has 1 amide bonds. The van der Waals surface area contributed by atoms with Gasteiger partial charge in [-0.1, -0.05) is 38.7 Å². The van der Waals surface area contributed by atoms with Crippen LogP contribution >= 0.6 is 0 Å². The SMILES string of the molecule is CCCCCCCOc1cccc(NC(=O)O[C@H](COC)CN2CCN(C)CC2)c1. The quantitative estimate of drug-likeness (QED) is 0.488. The van der Waals surface area contributed by atoms with E-state index >= 15 is 0 Å². The van der Waals surface area contributed by atoms with Gasteiger partial charge in [0.15, 0.2) is 0 Å². The summed E-state index contributed by atoms with van der Waals surface area (Å²) >= 11 is 0. The Morgan fingerprint density at radius 1 is 1.13 bits per heavy atom. The maximum atomic E-state index is 12.4. The van der Waals surface area contributed by atoms with Crippen molar-refractivity contribution >= 4 is 11.8 Å². The molecule has 0 aromatic heterocycles. The van der Waals surface area contributed by atoms with Gasteiger partial charge in [-0.05, 0) is 25.6 Å². The number of nitrogens with one attached hydrogen (secondary N) is 1. The Balaban J connectivity index is 1.76. The largest absolute Gasteiger partial charge is 0.494 e. The molecule has 1 saturated heterocycles. The average Bonchev–Trinajstić information content (AvgIpc) is 2.72. The molecule has 1 heterocycles. The number of likely N-dealkylation sites (N-methyl/N-ethyl adjacent to an activating group) is 1. The van der Waals surface area contributed by atoms with Crippen LogP contribution in [0.3, 0.4) is 0 Å². The molecule has 7 heteroatoms. The van der Waals surface area contributed by atoms with E-state index in [1.54, 1.807) is 7.11 Å². The average molecular weight is 422 g/mol. The summed E-state index contributed by atoms with van der Waals surface area (Å²) in [6.45, 7) is 7.95. The molecule has 1 aromatic rings. The highest BCUT2D eigenvalue weighted by molar-refractivity contribution is 5.85. The molecular weight excluding hydrogens is 382 g/mol. The number of hydrogen-bond acceptors (Lipinski definition) is 6. The van der Waals surface area contributed by atoms with Gasteiger partial charge in [-0.25, -0.2) is 4.79 Å². The highest BCUT2D eigenvalue weighted by Gasteiger charge is 2.21. The summed E-state index contributed by atoms with van der Waals surface area (Å²) in [6, 6.07) is 7.45. The second-order valence-corrected chi connectivity index (χ2v) is 8.00. The molecule has 0 unspecified atom stereocenters. The van der Waals surface area contributed by atoms with Crippen molar-refractivity contribution in [1.29, 1.82) is 0 Å². The Labute approximate surface area is 181 Å². The van der Waals surface area contributed by atoms with Crippen molar-refractivity contribution in [2.24, 2.45) is 0 Å². The highest BCUT2D eigenvalue weighted by atomic mass is 16.6. The van der Waals surface area contributed by atoms with Gasteiger partial charge in [0.25, 0.3) is 0 Å². The summed E-state index contributed by atoms with van der Waals surface area (Å²) in [5.41, 5.74) is 0.666. The molecule has 1 atom stereocenters. The zero-order valence-corrected chi connectivity index (χ0v) is 18.9. The number of methoxy groups -OCH3 is 1. The zero-order chi connectivity index (χ0) is 21.6. The number of amides is 1. The molecule has 1 aromatic carbocycles. The van der Waals surface area contributed by atoms with Crippen molar-refractivity contribution in [3.05, 3.63) is 24.3 Å². The molecule has 0 aliphatic carbocycles. The fourth-order valence-electron chi connectivity index (χ4n) is 3.49. The van der Waals surface area contributed by atoms with E-state index in [4.69, 9.17) is 14.2 Å². The molecule has 0 spiro atoms. The fraction of sp³-hybridized carbons (Fsp3) is 0.696. The third-order valence-electron chi connectivity index (χ3n) is 5.28. The third-order valence-corrected chi connectivity index (χ3v) is 5.28. The summed E-state index contributed by atoms with van der Waals surface area (Å²) < 4.78 is 16.7. The molecule has 7 nitrogen and oxygen atoms in total. The normalized spacial score (nSPS) is 16.2. The second-order valence-electron chi connectivity index (χ2n) is 8.00. The van der Waals surface area contributed by atoms with Crippen LogP contribution < -0.4 is 10.1 Å². The monoisotopic (exact) mass is 421 g/mol. The van der Waals surface area contributed by atoms with Crippen LogP contribution in [0.5, 0.6) is 5.75 Å². The number of carbonyl (C=O) groups excluding carboxylic acids is 1. The van der Waals surface area contributed by atoms with E-state index in [2.05, 4.69) is 29.1 Å². The first kappa shape index (κ1) is 24.4. The lowest BCUT2D eigenvalue weighted by Crippen LogP contribution is -2.48. The summed E-state index contributed by atoms with van der Waals surface area (Å²) in [4.78, 5) is 17.0. The number of hydrogen-bond donors (Lipinski definition) is 1. The Bertz CT molecular complexity index is 606. The first-order valence-corrected chi connectivity index (χ1v) is 11.2. The van der Waals surface area contributed by atoms with Crippen molar-refractivity contribution in [2.75, 3.05) is 65.4 Å². The minimum Gasteiger partial charge on any atom is -0.494 e. The van der Waals surface area contributed by atoms with Gasteiger partial charge in [-0.15, -0.1) is 0 Å². The van der Waals surface area contributed by atoms with E-state index in [9.17, 15) is 4.79 Å². The number of benzene rings is 1. The van der Waals surface area contributed by atoms with Crippen LogP contribution in [0.1, 0.15) is 39.0 Å². The van der Waals surface area contributed by atoms with Gasteiger partial charge in [0.2, 0.25) is 0 Å². The van der Waals surface area contributed by atoms with Crippen LogP contribution in [0.25, 0.3) is 0 Å². The van der Waals surface area contributed by atoms with Gasteiger partial charge >= 0.3 is 6.09 Å². The van der Waals surface area contributed by atoms with Crippen LogP contribution in [-0.2, 0) is 9.47 Å². The van der Waals surface area contributed by atoms with E-state index in [-0.39, 0.29) is 6.10 Å². The van der Waals surface area contributed by atoms with E-state index in [1.807, 2.05) is 24.3 Å². The van der Waals surface area contributed by atoms with Crippen LogP contribution in [0.4, 0.5) is 10.5 Å². The molecule has 2 rings (SSSR count). The molecule has 1 N–H and O–H groups in total. The number of carbonyl (C=O) groups is 1. The third kappa shape index (κ3) is 9.78. The van der Waals surface area contributed by atoms with Crippen LogP contribution in [0.2, 0.25) is 0 Å². The number of unbranched alkanes of at least 4 members (excludes halogenated alkanes) is 4. The lowest BCUT2D eigenvalue weighted by molar-refractivity contribution is 0.0157. The molecule has 0 radical (unpaired) electrons. The summed E-state index contributed by atoms with van der Waals surface area (Å²) in [5, 5.41) is 2.81. The van der Waals surface area contributed by atoms with Crippen molar-refractivity contribution < 1.29 is 19.0 Å². The molecule has 0 bridgehead atoms. The van der Waals surface area contributed by atoms with Crippen molar-refractivity contribution in [1.82, 2.24) is 9.80 Å². The highest BCUT2D eigenvalue weighted by Crippen LogP contribution is 2.18. The summed E-state index contributed by atoms with van der Waals surface area (Å²) in [7, 11) is 3.75. The number of anilines is 1. The molecule has 30 heavy (non-hydrogen) atoms. The smallest absolute Gasteiger partial charge is 0.412 e. The maximum absolute atomic E-state index is 12.4. The maximum Gasteiger partial charge on any atom is 0.412 e. The topological polar surface area (TPSA) is 63.3 Å². The van der Waals surface area contributed by atoms with Crippen LogP contribution in [-0.4, -0.2) is 82.1 Å². The standard InChI is InChI=1S/C23H39N3O4/c1-4-5-6-7-8-16-29-21-11-9-10-20(17-21)24-23(27)30-22(19-28-3)18-26-14-12-25(2)13-15-26/h9-11,17,22H,4-8,12-16,18-19H2,1-3H3,(H,24,27)/t22-/m0/s1. The van der Waals surface area contributed by atoms with E-state index in [1.165, 1.54) is 25.7 Å². The number of rotatable bonds is 13. The minimum atomic E-state index is -0.470. The molecule has 170 valence electrons. The van der Waals surface area contributed by atoms with Gasteiger partial charge in [-0.3, -0.25) is 10.2 Å². The van der Waals surface area contributed by atoms with Gasteiger partial charge in [0.05, 0.1) is 13.2 Å². The van der Waals surface area contributed by atoms with Crippen molar-refractivity contribution in [2.45, 2.75) is 45.1 Å². The van der Waals surface area contributed by atoms with E-state index < -0.39 is 6.09 Å². The van der Waals surface area contributed by atoms with E-state index in [0.29, 0.717) is 25.4 Å². The lowest BCUT2D eigenvalue weighted by atomic mass is 10.2. The number of ether oxygens (including phenoxy) is 3. The van der Waals surface area contributed by atoms with Crippen molar-refractivity contribution in [3.63, 3.8) is 0 Å². The van der Waals surface area contributed by atoms with E-state index in [0.717, 1.165) is 38.3 Å². The molecule has 1 aliphatic heterocycles. The minimum absolute atomic E-state index is 0.305. The first-order chi connectivity index (χ1) is 14.6. The summed E-state index contributed by atoms with van der Waals surface area (Å²) in [6.07, 6.45) is 5.23. The number of nitrogens with zero attached hydrogens (tertiary/aromatic N) is 2. The van der Waals surface area contributed by atoms with Crippen LogP contribution in [0, 0.1) is 0 Å². The van der Waals surface area contributed by atoms with Gasteiger partial charge in [0.1, 0.15) is 11.9 Å². The Morgan fingerprint density at radius 3 is 2.63 bits per heavy atom. The Kier molecular flexibility index (Phi) is 11.6. The van der Waals surface area contributed by atoms with Gasteiger partial charge < -0.3 is 19.1 Å². The predicted molar refractivity (Wildman–Crippen MR) is 120 cm³/mol. The second kappa shape index (κ2) is 14.2. The van der Waals surface area contributed by atoms with Gasteiger partial charge in [-0.2, -0.15) is 0 Å². The Morgan fingerprint density at radius 2 is 1.90 bits per heavy atom. The van der Waals surface area contributed by atoms with Crippen molar-refractivity contribution in [3.8, 4) is 5.75 Å². The number of piperazine rings is 1. The molecule has 0 saturated carbocycles. The zero-order valence-electron chi connectivity index (χ0n) is 18.9. The molecular formula is C23H39N3O4. The van der Waals surface area contributed by atoms with Crippen LogP contribution in [0.15, 0.2) is 24.3 Å². The van der Waals surface area contributed by atoms with Gasteiger partial charge in [0, 0.05) is 51.6 Å².